The van der Waals surface area contributed by atoms with Crippen LogP contribution in [0.15, 0.2) is 6.07 Å². The summed E-state index contributed by atoms with van der Waals surface area (Å²) >= 11 is 1.41. The van der Waals surface area contributed by atoms with Crippen LogP contribution in [0.4, 0.5) is 5.69 Å². The molecular weight excluding hydrogens is 224 g/mol. The van der Waals surface area contributed by atoms with E-state index in [9.17, 15) is 4.79 Å². The quantitative estimate of drug-likeness (QED) is 0.827. The third-order valence-electron chi connectivity index (χ3n) is 2.13. The number of anilines is 1. The molecule has 1 aromatic rings. The van der Waals surface area contributed by atoms with Crippen molar-refractivity contribution in [3.63, 3.8) is 0 Å². The van der Waals surface area contributed by atoms with E-state index in [1.165, 1.54) is 11.3 Å². The molecular formula is C11H18N2O2S. The Balaban J connectivity index is 2.52. The largest absolute Gasteiger partial charge is 0.398 e. The molecule has 1 heterocycles. The van der Waals surface area contributed by atoms with Gasteiger partial charge in [-0.3, -0.25) is 4.79 Å². The smallest absolute Gasteiger partial charge is 0.261 e. The fourth-order valence-corrected chi connectivity index (χ4v) is 2.08. The first-order chi connectivity index (χ1) is 7.54. The third kappa shape index (κ3) is 3.50. The predicted molar refractivity (Wildman–Crippen MR) is 66.9 cm³/mol. The van der Waals surface area contributed by atoms with E-state index in [0.717, 1.165) is 4.88 Å². The summed E-state index contributed by atoms with van der Waals surface area (Å²) in [5.41, 5.74) is 6.37. The molecule has 1 amide bonds. The zero-order chi connectivity index (χ0) is 12.1. The molecule has 1 aromatic heterocycles. The van der Waals surface area contributed by atoms with Crippen molar-refractivity contribution >= 4 is 22.9 Å². The molecule has 0 aliphatic heterocycles. The Morgan fingerprint density at radius 1 is 1.69 bits per heavy atom. The number of hydrogen-bond donors (Lipinski definition) is 2. The second-order valence-electron chi connectivity index (χ2n) is 3.66. The van der Waals surface area contributed by atoms with Crippen molar-refractivity contribution in [1.82, 2.24) is 5.32 Å². The first-order valence-corrected chi connectivity index (χ1v) is 6.10. The van der Waals surface area contributed by atoms with Gasteiger partial charge in [-0.05, 0) is 26.8 Å². The van der Waals surface area contributed by atoms with Crippen LogP contribution >= 0.6 is 11.3 Å². The number of aryl methyl sites for hydroxylation is 1. The summed E-state index contributed by atoms with van der Waals surface area (Å²) in [4.78, 5) is 13.4. The first-order valence-electron chi connectivity index (χ1n) is 5.29. The van der Waals surface area contributed by atoms with Gasteiger partial charge in [0, 0.05) is 23.2 Å². The summed E-state index contributed by atoms with van der Waals surface area (Å²) < 4.78 is 5.22. The number of hydrogen-bond acceptors (Lipinski definition) is 4. The Morgan fingerprint density at radius 3 is 2.88 bits per heavy atom. The van der Waals surface area contributed by atoms with Crippen molar-refractivity contribution in [1.29, 1.82) is 0 Å². The zero-order valence-electron chi connectivity index (χ0n) is 9.87. The van der Waals surface area contributed by atoms with Crippen LogP contribution in [-0.4, -0.2) is 25.2 Å². The van der Waals surface area contributed by atoms with Crippen LogP contribution in [0.3, 0.4) is 0 Å². The van der Waals surface area contributed by atoms with Gasteiger partial charge in [-0.1, -0.05) is 0 Å². The Kier molecular flexibility index (Phi) is 4.76. The van der Waals surface area contributed by atoms with E-state index >= 15 is 0 Å². The Bertz CT molecular complexity index is 343. The molecule has 1 rings (SSSR count). The summed E-state index contributed by atoms with van der Waals surface area (Å²) in [6, 6.07) is 1.72. The van der Waals surface area contributed by atoms with E-state index < -0.39 is 0 Å². The highest BCUT2D eigenvalue weighted by Gasteiger charge is 2.13. The van der Waals surface area contributed by atoms with Gasteiger partial charge in [0.05, 0.1) is 11.5 Å². The highest BCUT2D eigenvalue weighted by Crippen LogP contribution is 2.23. The molecule has 0 saturated carbocycles. The maximum Gasteiger partial charge on any atom is 0.261 e. The molecule has 1 atom stereocenters. The van der Waals surface area contributed by atoms with Crippen LogP contribution in [0.5, 0.6) is 0 Å². The number of nitrogens with two attached hydrogens (primary N) is 1. The molecule has 0 radical (unpaired) electrons. The van der Waals surface area contributed by atoms with E-state index in [1.807, 2.05) is 20.8 Å². The van der Waals surface area contributed by atoms with Gasteiger partial charge >= 0.3 is 0 Å². The lowest BCUT2D eigenvalue weighted by molar-refractivity contribution is 0.0876. The average Bonchev–Trinajstić information content (AvgIpc) is 2.56. The molecule has 16 heavy (non-hydrogen) atoms. The number of nitrogens with one attached hydrogen (secondary N) is 1. The number of carbonyl (C=O) groups excluding carboxylic acids is 1. The van der Waals surface area contributed by atoms with E-state index in [4.69, 9.17) is 10.5 Å². The van der Waals surface area contributed by atoms with Crippen LogP contribution in [-0.2, 0) is 4.74 Å². The minimum atomic E-state index is -0.0861. The molecule has 5 heteroatoms. The van der Waals surface area contributed by atoms with E-state index in [2.05, 4.69) is 5.32 Å². The summed E-state index contributed by atoms with van der Waals surface area (Å²) in [6.45, 7) is 6.93. The van der Waals surface area contributed by atoms with Crippen molar-refractivity contribution in [2.24, 2.45) is 0 Å². The van der Waals surface area contributed by atoms with Gasteiger partial charge in [0.2, 0.25) is 0 Å². The average molecular weight is 242 g/mol. The molecule has 0 aromatic carbocycles. The Morgan fingerprint density at radius 2 is 2.38 bits per heavy atom. The fraction of sp³-hybridized carbons (Fsp3) is 0.545. The van der Waals surface area contributed by atoms with Gasteiger partial charge < -0.3 is 15.8 Å². The lowest BCUT2D eigenvalue weighted by Gasteiger charge is -2.12. The van der Waals surface area contributed by atoms with E-state index in [0.29, 0.717) is 23.8 Å². The summed E-state index contributed by atoms with van der Waals surface area (Å²) in [6.07, 6.45) is 0. The van der Waals surface area contributed by atoms with Crippen molar-refractivity contribution in [3.05, 3.63) is 15.8 Å². The molecule has 0 aliphatic carbocycles. The molecule has 0 fully saturated rings. The number of carbonyl (C=O) groups is 1. The van der Waals surface area contributed by atoms with Gasteiger partial charge in [-0.15, -0.1) is 11.3 Å². The maximum absolute atomic E-state index is 11.8. The molecule has 0 bridgehead atoms. The SMILES string of the molecule is CCOCC(C)NC(=O)c1cc(N)c(C)s1. The number of thiophene rings is 1. The summed E-state index contributed by atoms with van der Waals surface area (Å²) in [5.74, 6) is -0.0861. The number of ether oxygens (including phenoxy) is 1. The predicted octanol–water partition coefficient (Wildman–Crippen LogP) is 1.79. The lowest BCUT2D eigenvalue weighted by Crippen LogP contribution is -2.35. The number of nitrogen functional groups attached to an aromatic ring is 1. The van der Waals surface area contributed by atoms with E-state index in [1.54, 1.807) is 6.07 Å². The highest BCUT2D eigenvalue weighted by molar-refractivity contribution is 7.14. The normalized spacial score (nSPS) is 12.4. The Labute approximate surface area is 99.8 Å². The standard InChI is InChI=1S/C11H18N2O2S/c1-4-15-6-7(2)13-11(14)10-5-9(12)8(3)16-10/h5,7H,4,6,12H2,1-3H3,(H,13,14). The van der Waals surface area contributed by atoms with Gasteiger partial charge in [0.25, 0.3) is 5.91 Å². The molecule has 0 saturated heterocycles. The summed E-state index contributed by atoms with van der Waals surface area (Å²) in [7, 11) is 0. The van der Waals surface area contributed by atoms with Crippen LogP contribution in [0.1, 0.15) is 28.4 Å². The van der Waals surface area contributed by atoms with Crippen molar-refractivity contribution in [3.8, 4) is 0 Å². The van der Waals surface area contributed by atoms with Crippen molar-refractivity contribution in [2.45, 2.75) is 26.8 Å². The fourth-order valence-electron chi connectivity index (χ4n) is 1.24. The second kappa shape index (κ2) is 5.86. The maximum atomic E-state index is 11.8. The number of rotatable bonds is 5. The van der Waals surface area contributed by atoms with Crippen LogP contribution in [0.25, 0.3) is 0 Å². The lowest BCUT2D eigenvalue weighted by atomic mass is 10.3. The summed E-state index contributed by atoms with van der Waals surface area (Å²) in [5, 5.41) is 2.86. The van der Waals surface area contributed by atoms with Gasteiger partial charge in [0.15, 0.2) is 0 Å². The Hall–Kier alpha value is -1.07. The molecule has 3 N–H and O–H groups in total. The van der Waals surface area contributed by atoms with Crippen LogP contribution < -0.4 is 11.1 Å². The van der Waals surface area contributed by atoms with Gasteiger partial charge in [-0.25, -0.2) is 0 Å². The zero-order valence-corrected chi connectivity index (χ0v) is 10.7. The molecule has 0 aliphatic rings. The topological polar surface area (TPSA) is 64.3 Å². The molecule has 1 unspecified atom stereocenters. The molecule has 0 spiro atoms. The van der Waals surface area contributed by atoms with Crippen molar-refractivity contribution in [2.75, 3.05) is 18.9 Å². The van der Waals surface area contributed by atoms with Crippen molar-refractivity contribution < 1.29 is 9.53 Å². The highest BCUT2D eigenvalue weighted by atomic mass is 32.1. The van der Waals surface area contributed by atoms with Gasteiger partial charge in [0.1, 0.15) is 0 Å². The van der Waals surface area contributed by atoms with Crippen LogP contribution in [0.2, 0.25) is 0 Å². The minimum Gasteiger partial charge on any atom is -0.398 e. The number of amides is 1. The second-order valence-corrected chi connectivity index (χ2v) is 4.91. The third-order valence-corrected chi connectivity index (χ3v) is 3.19. The first kappa shape index (κ1) is 13.0. The minimum absolute atomic E-state index is 0.0103. The van der Waals surface area contributed by atoms with Crippen LogP contribution in [0, 0.1) is 6.92 Å². The molecule has 4 nitrogen and oxygen atoms in total. The monoisotopic (exact) mass is 242 g/mol. The van der Waals surface area contributed by atoms with Gasteiger partial charge in [-0.2, -0.15) is 0 Å². The van der Waals surface area contributed by atoms with E-state index in [-0.39, 0.29) is 11.9 Å². The molecule has 90 valence electrons.